The third-order valence-corrected chi connectivity index (χ3v) is 5.69. The van der Waals surface area contributed by atoms with Crippen LogP contribution in [0.15, 0.2) is 30.3 Å². The number of anilines is 1. The Kier molecular flexibility index (Phi) is 5.06. The van der Waals surface area contributed by atoms with E-state index in [1.807, 2.05) is 19.9 Å². The van der Waals surface area contributed by atoms with Crippen LogP contribution >= 0.6 is 0 Å². The van der Waals surface area contributed by atoms with Crippen molar-refractivity contribution in [1.82, 2.24) is 9.47 Å². The van der Waals surface area contributed by atoms with Crippen molar-refractivity contribution < 1.29 is 22.7 Å². The molecular weight excluding hydrogens is 383 g/mol. The molecule has 1 aromatic heterocycles. The lowest BCUT2D eigenvalue weighted by molar-refractivity contribution is -0.144. The van der Waals surface area contributed by atoms with Crippen LogP contribution in [0.25, 0.3) is 0 Å². The van der Waals surface area contributed by atoms with Crippen molar-refractivity contribution in [1.29, 1.82) is 0 Å². The summed E-state index contributed by atoms with van der Waals surface area (Å²) in [5.41, 5.74) is 3.25. The number of hydrogen-bond donors (Lipinski definition) is 1. The van der Waals surface area contributed by atoms with Crippen molar-refractivity contribution in [3.05, 3.63) is 52.8 Å². The zero-order valence-corrected chi connectivity index (χ0v) is 16.4. The summed E-state index contributed by atoms with van der Waals surface area (Å²) in [6, 6.07) is 8.54. The van der Waals surface area contributed by atoms with E-state index in [4.69, 9.17) is 4.74 Å². The van der Waals surface area contributed by atoms with Crippen LogP contribution in [0.5, 0.6) is 0 Å². The first-order valence-corrected chi connectivity index (χ1v) is 9.76. The van der Waals surface area contributed by atoms with E-state index in [0.717, 1.165) is 35.7 Å². The number of amides is 1. The van der Waals surface area contributed by atoms with Gasteiger partial charge in [-0.25, -0.2) is 0 Å². The second kappa shape index (κ2) is 7.40. The van der Waals surface area contributed by atoms with E-state index in [2.05, 4.69) is 9.88 Å². The van der Waals surface area contributed by atoms with Gasteiger partial charge >= 0.3 is 6.18 Å². The molecule has 2 atom stereocenters. The molecule has 1 N–H and O–H groups in total. The van der Waals surface area contributed by atoms with Gasteiger partial charge in [0.15, 0.2) is 0 Å². The molecule has 0 radical (unpaired) electrons. The minimum atomic E-state index is -4.49. The van der Waals surface area contributed by atoms with Gasteiger partial charge in [-0.2, -0.15) is 13.2 Å². The van der Waals surface area contributed by atoms with Crippen molar-refractivity contribution in [2.75, 3.05) is 18.5 Å². The molecule has 3 heterocycles. The zero-order chi connectivity index (χ0) is 20.8. The molecule has 1 aromatic carbocycles. The number of ether oxygens (including phenoxy) is 1. The molecule has 1 amide bonds. The number of hydrogen-bond acceptors (Lipinski definition) is 3. The van der Waals surface area contributed by atoms with Crippen LogP contribution in [0.1, 0.15) is 46.3 Å². The van der Waals surface area contributed by atoms with Crippen molar-refractivity contribution in [3.63, 3.8) is 0 Å². The van der Waals surface area contributed by atoms with E-state index in [1.165, 1.54) is 0 Å². The van der Waals surface area contributed by atoms with Crippen LogP contribution < -0.4 is 5.32 Å². The predicted octanol–water partition coefficient (Wildman–Crippen LogP) is 4.41. The molecule has 0 saturated carbocycles. The number of rotatable bonds is 4. The highest BCUT2D eigenvalue weighted by Gasteiger charge is 2.41. The van der Waals surface area contributed by atoms with E-state index in [-0.39, 0.29) is 11.7 Å². The highest BCUT2D eigenvalue weighted by Crippen LogP contribution is 2.37. The number of carbonyl (C=O) groups excluding carboxylic acids is 1. The Morgan fingerprint density at radius 3 is 2.69 bits per heavy atom. The molecule has 156 valence electrons. The summed E-state index contributed by atoms with van der Waals surface area (Å²) >= 11 is 0. The summed E-state index contributed by atoms with van der Waals surface area (Å²) in [5.74, 6) is -0.620. The minimum absolute atomic E-state index is 0.112. The number of halogens is 3. The Labute approximate surface area is 167 Å². The molecule has 0 bridgehead atoms. The van der Waals surface area contributed by atoms with Gasteiger partial charge in [0, 0.05) is 35.8 Å². The first-order chi connectivity index (χ1) is 13.7. The standard InChI is InChI=1S/C21H24F3N3O2/c1-13-10-17(14(2)26(13)11-15-6-5-9-29-15)19-25-18-8-4-3-7-16(18)20(28)27(19)12-21(22,23)24/h3-4,7-8,10,15,19,25H,5-6,9,11-12H2,1-2H3/t15-,19+/m1/s1. The van der Waals surface area contributed by atoms with Gasteiger partial charge in [0.25, 0.3) is 5.91 Å². The highest BCUT2D eigenvalue weighted by molar-refractivity contribution is 6.01. The molecule has 1 fully saturated rings. The number of aromatic nitrogens is 1. The van der Waals surface area contributed by atoms with Gasteiger partial charge in [0.2, 0.25) is 0 Å². The van der Waals surface area contributed by atoms with E-state index >= 15 is 0 Å². The van der Waals surface area contributed by atoms with Gasteiger partial charge in [-0.05, 0) is 44.9 Å². The van der Waals surface area contributed by atoms with Crippen LogP contribution in [0, 0.1) is 13.8 Å². The Bertz CT molecular complexity index is 916. The molecule has 1 saturated heterocycles. The van der Waals surface area contributed by atoms with Gasteiger partial charge < -0.3 is 19.5 Å². The minimum Gasteiger partial charge on any atom is -0.376 e. The van der Waals surface area contributed by atoms with Crippen LogP contribution in [0.2, 0.25) is 0 Å². The molecule has 0 spiro atoms. The topological polar surface area (TPSA) is 46.5 Å². The Morgan fingerprint density at radius 1 is 1.24 bits per heavy atom. The summed E-state index contributed by atoms with van der Waals surface area (Å²) in [4.78, 5) is 13.8. The predicted molar refractivity (Wildman–Crippen MR) is 103 cm³/mol. The van der Waals surface area contributed by atoms with Crippen molar-refractivity contribution >= 4 is 11.6 Å². The number of nitrogens with one attached hydrogen (secondary N) is 1. The molecule has 8 heteroatoms. The average Bonchev–Trinajstić information content (AvgIpc) is 3.27. The number of carbonyl (C=O) groups is 1. The summed E-state index contributed by atoms with van der Waals surface area (Å²) in [6.07, 6.45) is -3.28. The molecule has 2 aromatic rings. The number of nitrogens with zero attached hydrogens (tertiary/aromatic N) is 2. The number of benzene rings is 1. The van der Waals surface area contributed by atoms with E-state index in [0.29, 0.717) is 17.8 Å². The van der Waals surface area contributed by atoms with Gasteiger partial charge in [-0.3, -0.25) is 4.79 Å². The van der Waals surface area contributed by atoms with Crippen molar-refractivity contribution in [2.45, 2.75) is 51.7 Å². The van der Waals surface area contributed by atoms with Gasteiger partial charge in [-0.1, -0.05) is 12.1 Å². The zero-order valence-electron chi connectivity index (χ0n) is 16.4. The molecule has 2 aliphatic heterocycles. The lowest BCUT2D eigenvalue weighted by atomic mass is 10.0. The second-order valence-corrected chi connectivity index (χ2v) is 7.71. The lowest BCUT2D eigenvalue weighted by Gasteiger charge is -2.38. The number of fused-ring (bicyclic) bond motifs is 1. The maximum atomic E-state index is 13.3. The summed E-state index contributed by atoms with van der Waals surface area (Å²) < 4.78 is 47.7. The molecule has 4 rings (SSSR count). The largest absolute Gasteiger partial charge is 0.406 e. The van der Waals surface area contributed by atoms with Crippen LogP contribution in [0.3, 0.4) is 0 Å². The third-order valence-electron chi connectivity index (χ3n) is 5.69. The van der Waals surface area contributed by atoms with Crippen LogP contribution in [-0.2, 0) is 11.3 Å². The molecule has 2 aliphatic rings. The maximum Gasteiger partial charge on any atom is 0.406 e. The first kappa shape index (κ1) is 19.8. The number of alkyl halides is 3. The van der Waals surface area contributed by atoms with Gasteiger partial charge in [0.1, 0.15) is 12.7 Å². The van der Waals surface area contributed by atoms with Crippen LogP contribution in [0.4, 0.5) is 18.9 Å². The Balaban J connectivity index is 1.72. The Hall–Kier alpha value is -2.48. The summed E-state index contributed by atoms with van der Waals surface area (Å²) in [7, 11) is 0. The van der Waals surface area contributed by atoms with Crippen molar-refractivity contribution in [2.24, 2.45) is 0 Å². The number of para-hydroxylation sites is 1. The fourth-order valence-electron chi connectivity index (χ4n) is 4.27. The summed E-state index contributed by atoms with van der Waals surface area (Å²) in [6.45, 7) is 3.90. The van der Waals surface area contributed by atoms with Crippen molar-refractivity contribution in [3.8, 4) is 0 Å². The van der Waals surface area contributed by atoms with E-state index in [9.17, 15) is 18.0 Å². The fourth-order valence-corrected chi connectivity index (χ4v) is 4.27. The highest BCUT2D eigenvalue weighted by atomic mass is 19.4. The van der Waals surface area contributed by atoms with Gasteiger partial charge in [-0.15, -0.1) is 0 Å². The van der Waals surface area contributed by atoms with E-state index in [1.54, 1.807) is 24.3 Å². The molecule has 0 aliphatic carbocycles. The quantitative estimate of drug-likeness (QED) is 0.817. The summed E-state index contributed by atoms with van der Waals surface area (Å²) in [5, 5.41) is 3.15. The molecule has 0 unspecified atom stereocenters. The molecule has 5 nitrogen and oxygen atoms in total. The normalized spacial score (nSPS) is 22.0. The molecular formula is C21H24F3N3O2. The average molecular weight is 407 g/mol. The fraction of sp³-hybridized carbons (Fsp3) is 0.476. The lowest BCUT2D eigenvalue weighted by Crippen LogP contribution is -2.47. The third kappa shape index (κ3) is 3.85. The van der Waals surface area contributed by atoms with E-state index < -0.39 is 24.8 Å². The van der Waals surface area contributed by atoms with Crippen LogP contribution in [-0.4, -0.2) is 40.8 Å². The number of aryl methyl sites for hydroxylation is 1. The Morgan fingerprint density at radius 2 is 2.00 bits per heavy atom. The monoisotopic (exact) mass is 407 g/mol. The SMILES string of the molecule is Cc1cc([C@H]2Nc3ccccc3C(=O)N2CC(F)(F)F)c(C)n1C[C@H]1CCCO1. The first-order valence-electron chi connectivity index (χ1n) is 9.76. The maximum absolute atomic E-state index is 13.3. The molecule has 29 heavy (non-hydrogen) atoms. The second-order valence-electron chi connectivity index (χ2n) is 7.71. The van der Waals surface area contributed by atoms with Gasteiger partial charge in [0.05, 0.1) is 11.7 Å². The smallest absolute Gasteiger partial charge is 0.376 e.